The number of carbonyl (C=O) groups is 2. The van der Waals surface area contributed by atoms with Gasteiger partial charge >= 0.3 is 0 Å². The van der Waals surface area contributed by atoms with Crippen molar-refractivity contribution in [1.29, 1.82) is 0 Å². The van der Waals surface area contributed by atoms with Gasteiger partial charge in [-0.05, 0) is 47.5 Å². The van der Waals surface area contributed by atoms with Crippen LogP contribution in [0.1, 0.15) is 39.5 Å². The fraction of sp³-hybridized carbons (Fsp3) is 0.129. The van der Waals surface area contributed by atoms with Gasteiger partial charge in [-0.15, -0.1) is 0 Å². The number of hydrogen-bond donors (Lipinski definition) is 2. The van der Waals surface area contributed by atoms with Gasteiger partial charge in [-0.25, -0.2) is 5.43 Å². The average molecular weight is 611 g/mol. The van der Waals surface area contributed by atoms with Gasteiger partial charge in [0.2, 0.25) is 5.91 Å². The molecule has 0 bridgehead atoms. The normalized spacial score (nSPS) is 11.6. The van der Waals surface area contributed by atoms with E-state index in [1.54, 1.807) is 54.6 Å². The lowest BCUT2D eigenvalue weighted by molar-refractivity contribution is -0.121. The molecule has 0 radical (unpaired) electrons. The topological polar surface area (TPSA) is 89.0 Å². The predicted octanol–water partition coefficient (Wildman–Crippen LogP) is 7.25. The van der Waals surface area contributed by atoms with Crippen molar-refractivity contribution in [2.75, 3.05) is 7.11 Å². The van der Waals surface area contributed by atoms with E-state index in [4.69, 9.17) is 44.3 Å². The van der Waals surface area contributed by atoms with Crippen LogP contribution in [0, 0.1) is 0 Å². The number of benzene rings is 4. The van der Waals surface area contributed by atoms with Gasteiger partial charge in [0.05, 0.1) is 30.8 Å². The maximum absolute atomic E-state index is 12.8. The number of amides is 2. The lowest BCUT2D eigenvalue weighted by Gasteiger charge is -2.18. The van der Waals surface area contributed by atoms with Gasteiger partial charge in [-0.1, -0.05) is 89.4 Å². The van der Waals surface area contributed by atoms with Crippen LogP contribution in [-0.2, 0) is 11.4 Å². The monoisotopic (exact) mass is 609 g/mol. The molecule has 0 aromatic heterocycles. The zero-order chi connectivity index (χ0) is 29.2. The largest absolute Gasteiger partial charge is 0.493 e. The predicted molar refractivity (Wildman–Crippen MR) is 162 cm³/mol. The van der Waals surface area contributed by atoms with E-state index in [0.29, 0.717) is 32.7 Å². The first-order valence-corrected chi connectivity index (χ1v) is 13.6. The number of hydrogen-bond acceptors (Lipinski definition) is 5. The van der Waals surface area contributed by atoms with Crippen molar-refractivity contribution in [2.24, 2.45) is 5.10 Å². The van der Waals surface area contributed by atoms with Crippen LogP contribution in [0.3, 0.4) is 0 Å². The highest BCUT2D eigenvalue weighted by atomic mass is 35.5. The Morgan fingerprint density at radius 2 is 1.61 bits per heavy atom. The van der Waals surface area contributed by atoms with Gasteiger partial charge in [-0.2, -0.15) is 5.10 Å². The molecular weight excluding hydrogens is 585 g/mol. The SMILES string of the molecule is COc1cc(/C=N\NC(=O)C[C@H](NC(=O)c2ccccc2)c2ccccc2)cc(Cl)c1OCc1ccc(Cl)cc1Cl. The van der Waals surface area contributed by atoms with Crippen molar-refractivity contribution >= 4 is 52.8 Å². The van der Waals surface area contributed by atoms with Gasteiger partial charge in [-0.3, -0.25) is 9.59 Å². The van der Waals surface area contributed by atoms with E-state index in [1.165, 1.54) is 13.3 Å². The summed E-state index contributed by atoms with van der Waals surface area (Å²) in [6.45, 7) is 0.152. The number of nitrogens with one attached hydrogen (secondary N) is 2. The number of rotatable bonds is 11. The van der Waals surface area contributed by atoms with Crippen LogP contribution in [-0.4, -0.2) is 25.1 Å². The second-order valence-electron chi connectivity index (χ2n) is 8.86. The van der Waals surface area contributed by atoms with E-state index in [1.807, 2.05) is 36.4 Å². The van der Waals surface area contributed by atoms with Gasteiger partial charge in [0.1, 0.15) is 6.61 Å². The lowest BCUT2D eigenvalue weighted by Crippen LogP contribution is -2.32. The van der Waals surface area contributed by atoms with Crippen LogP contribution >= 0.6 is 34.8 Å². The molecule has 4 aromatic carbocycles. The van der Waals surface area contributed by atoms with Crippen molar-refractivity contribution in [3.05, 3.63) is 128 Å². The molecule has 0 spiro atoms. The molecule has 0 saturated heterocycles. The first-order valence-electron chi connectivity index (χ1n) is 12.5. The molecule has 210 valence electrons. The molecule has 1 atom stereocenters. The van der Waals surface area contributed by atoms with E-state index >= 15 is 0 Å². The fourth-order valence-electron chi connectivity index (χ4n) is 3.92. The Balaban J connectivity index is 1.40. The molecule has 2 N–H and O–H groups in total. The van der Waals surface area contributed by atoms with Crippen LogP contribution in [0.15, 0.2) is 96.1 Å². The summed E-state index contributed by atoms with van der Waals surface area (Å²) < 4.78 is 11.3. The molecule has 41 heavy (non-hydrogen) atoms. The quantitative estimate of drug-likeness (QED) is 0.138. The highest BCUT2D eigenvalue weighted by molar-refractivity contribution is 6.35. The molecule has 4 rings (SSSR count). The van der Waals surface area contributed by atoms with Gasteiger partial charge in [0.15, 0.2) is 11.5 Å². The van der Waals surface area contributed by atoms with Crippen LogP contribution in [0.4, 0.5) is 0 Å². The Labute approximate surface area is 253 Å². The van der Waals surface area contributed by atoms with Crippen molar-refractivity contribution < 1.29 is 19.1 Å². The third-order valence-electron chi connectivity index (χ3n) is 5.97. The minimum absolute atomic E-state index is 0.0238. The fourth-order valence-corrected chi connectivity index (χ4v) is 4.66. The number of carbonyl (C=O) groups excluding carboxylic acids is 2. The minimum Gasteiger partial charge on any atom is -0.493 e. The molecule has 0 aliphatic rings. The highest BCUT2D eigenvalue weighted by Crippen LogP contribution is 2.37. The van der Waals surface area contributed by atoms with Crippen LogP contribution in [0.25, 0.3) is 0 Å². The Bertz CT molecular complexity index is 1530. The van der Waals surface area contributed by atoms with Gasteiger partial charge in [0, 0.05) is 21.2 Å². The summed E-state index contributed by atoms with van der Waals surface area (Å²) in [5.74, 6) is 0.0452. The molecule has 2 amide bonds. The van der Waals surface area contributed by atoms with E-state index in [0.717, 1.165) is 11.1 Å². The van der Waals surface area contributed by atoms with E-state index in [9.17, 15) is 9.59 Å². The van der Waals surface area contributed by atoms with Crippen LogP contribution < -0.4 is 20.2 Å². The summed E-state index contributed by atoms with van der Waals surface area (Å²) in [4.78, 5) is 25.5. The number of methoxy groups -OCH3 is 1. The second-order valence-corrected chi connectivity index (χ2v) is 10.1. The van der Waals surface area contributed by atoms with E-state index in [2.05, 4.69) is 15.8 Å². The van der Waals surface area contributed by atoms with Crippen molar-refractivity contribution in [2.45, 2.75) is 19.1 Å². The summed E-state index contributed by atoms with van der Waals surface area (Å²) in [7, 11) is 1.49. The highest BCUT2D eigenvalue weighted by Gasteiger charge is 2.19. The molecule has 0 heterocycles. The number of nitrogens with zero attached hydrogens (tertiary/aromatic N) is 1. The second kappa shape index (κ2) is 14.6. The zero-order valence-corrected chi connectivity index (χ0v) is 24.2. The average Bonchev–Trinajstić information content (AvgIpc) is 2.97. The summed E-state index contributed by atoms with van der Waals surface area (Å²) >= 11 is 18.7. The molecular formula is C31H26Cl3N3O4. The van der Waals surface area contributed by atoms with Gasteiger partial charge in [0.25, 0.3) is 5.91 Å². The van der Waals surface area contributed by atoms with Crippen molar-refractivity contribution in [1.82, 2.24) is 10.7 Å². The zero-order valence-electron chi connectivity index (χ0n) is 21.9. The summed E-state index contributed by atoms with van der Waals surface area (Å²) in [6.07, 6.45) is 1.41. The molecule has 0 aliphatic heterocycles. The summed E-state index contributed by atoms with van der Waals surface area (Å²) in [6, 6.07) is 26.0. The smallest absolute Gasteiger partial charge is 0.251 e. The summed E-state index contributed by atoms with van der Waals surface area (Å²) in [5.41, 5.74) is 5.11. The first-order chi connectivity index (χ1) is 19.8. The Kier molecular flexibility index (Phi) is 10.6. The molecule has 10 heteroatoms. The summed E-state index contributed by atoms with van der Waals surface area (Å²) in [5, 5.41) is 8.28. The van der Waals surface area contributed by atoms with Gasteiger partial charge < -0.3 is 14.8 Å². The number of hydrazone groups is 1. The van der Waals surface area contributed by atoms with Crippen LogP contribution in [0.5, 0.6) is 11.5 Å². The molecule has 4 aromatic rings. The maximum atomic E-state index is 12.8. The minimum atomic E-state index is -0.556. The number of ether oxygens (including phenoxy) is 2. The Hall–Kier alpha value is -4.04. The van der Waals surface area contributed by atoms with Crippen molar-refractivity contribution in [3.63, 3.8) is 0 Å². The molecule has 0 unspecified atom stereocenters. The van der Waals surface area contributed by atoms with Crippen molar-refractivity contribution in [3.8, 4) is 11.5 Å². The van der Waals surface area contributed by atoms with E-state index < -0.39 is 6.04 Å². The standard InChI is InChI=1S/C31H26Cl3N3O4/c1-40-28-15-20(14-26(34)30(28)41-19-23-12-13-24(32)16-25(23)33)18-35-37-29(38)17-27(21-8-4-2-5-9-21)36-31(39)22-10-6-3-7-11-22/h2-16,18,27H,17,19H2,1H3,(H,36,39)(H,37,38)/b35-18-/t27-/m0/s1. The lowest BCUT2D eigenvalue weighted by atomic mass is 10.0. The first kappa shape index (κ1) is 29.9. The molecule has 0 fully saturated rings. The van der Waals surface area contributed by atoms with Crippen LogP contribution in [0.2, 0.25) is 15.1 Å². The van der Waals surface area contributed by atoms with E-state index in [-0.39, 0.29) is 29.9 Å². The number of halogens is 3. The molecule has 0 saturated carbocycles. The third kappa shape index (κ3) is 8.47. The maximum Gasteiger partial charge on any atom is 0.251 e. The third-order valence-corrected chi connectivity index (χ3v) is 6.84. The Morgan fingerprint density at radius 1 is 0.902 bits per heavy atom. The Morgan fingerprint density at radius 3 is 2.29 bits per heavy atom. The molecule has 7 nitrogen and oxygen atoms in total. The molecule has 0 aliphatic carbocycles.